The summed E-state index contributed by atoms with van der Waals surface area (Å²) < 4.78 is 0. The van der Waals surface area contributed by atoms with Gasteiger partial charge in [0.1, 0.15) is 0 Å². The van der Waals surface area contributed by atoms with Gasteiger partial charge in [-0.1, -0.05) is 41.8 Å². The number of aromatic nitrogens is 2. The molecule has 3 saturated heterocycles. The van der Waals surface area contributed by atoms with Gasteiger partial charge in [0.2, 0.25) is 0 Å². The normalized spacial score (nSPS) is 19.8. The molecule has 3 fully saturated rings. The zero-order valence-electron chi connectivity index (χ0n) is 33.8. The molecular weight excluding hydrogens is 753 g/mol. The number of piperidine rings is 2. The van der Waals surface area contributed by atoms with Gasteiger partial charge in [-0.3, -0.25) is 24.5 Å². The number of piperazine rings is 1. The summed E-state index contributed by atoms with van der Waals surface area (Å²) in [6, 6.07) is 11.6. The number of aryl methyl sites for hydroxylation is 2. The zero-order valence-corrected chi connectivity index (χ0v) is 35.3. The lowest BCUT2D eigenvalue weighted by atomic mass is 9.94. The van der Waals surface area contributed by atoms with Crippen molar-refractivity contribution in [3.63, 3.8) is 0 Å². The number of halogens is 2. The van der Waals surface area contributed by atoms with Gasteiger partial charge < -0.3 is 20.0 Å². The van der Waals surface area contributed by atoms with Crippen LogP contribution in [0.3, 0.4) is 0 Å². The highest BCUT2D eigenvalue weighted by atomic mass is 35.5. The summed E-state index contributed by atoms with van der Waals surface area (Å²) in [5, 5.41) is 6.63. The molecule has 2 aliphatic carbocycles. The molecule has 0 spiro atoms. The lowest BCUT2D eigenvalue weighted by molar-refractivity contribution is 0.0594. The minimum absolute atomic E-state index is 0.0282. The Morgan fingerprint density at radius 2 is 1.23 bits per heavy atom. The average molecular weight is 813 g/mol. The minimum atomic E-state index is -0.0282. The fourth-order valence-electron chi connectivity index (χ4n) is 9.55. The fourth-order valence-corrected chi connectivity index (χ4v) is 10.3. The monoisotopic (exact) mass is 811 g/mol. The van der Waals surface area contributed by atoms with Gasteiger partial charge in [-0.25, -0.2) is 0 Å². The van der Waals surface area contributed by atoms with E-state index in [1.807, 2.05) is 41.3 Å². The first kappa shape index (κ1) is 40.4. The van der Waals surface area contributed by atoms with E-state index in [0.29, 0.717) is 12.1 Å². The van der Waals surface area contributed by atoms with Crippen LogP contribution in [-0.2, 0) is 25.7 Å². The van der Waals surface area contributed by atoms with Crippen LogP contribution in [0.4, 0.5) is 0 Å². The number of nitrogens with zero attached hydrogens (tertiary/aromatic N) is 6. The summed E-state index contributed by atoms with van der Waals surface area (Å²) in [6.07, 6.45) is 15.2. The minimum Gasteiger partial charge on any atom is -0.351 e. The number of benzene rings is 2. The van der Waals surface area contributed by atoms with Gasteiger partial charge in [0.25, 0.3) is 11.8 Å². The Hall–Kier alpha value is -3.34. The molecule has 11 heteroatoms. The van der Waals surface area contributed by atoms with Crippen LogP contribution >= 0.6 is 23.2 Å². The van der Waals surface area contributed by atoms with Gasteiger partial charge in [0.05, 0.1) is 21.1 Å². The number of rotatable bonds is 7. The van der Waals surface area contributed by atoms with E-state index in [0.717, 1.165) is 126 Å². The van der Waals surface area contributed by atoms with Gasteiger partial charge in [0.15, 0.2) is 0 Å². The summed E-state index contributed by atoms with van der Waals surface area (Å²) >= 11 is 13.3. The fraction of sp³-hybridized carbons (Fsp3) is 0.565. The molecule has 5 heterocycles. The number of pyridine rings is 2. The van der Waals surface area contributed by atoms with Crippen molar-refractivity contribution < 1.29 is 9.59 Å². The maximum Gasteiger partial charge on any atom is 0.254 e. The molecule has 0 unspecified atom stereocenters. The third-order valence-corrected chi connectivity index (χ3v) is 13.9. The Morgan fingerprint density at radius 3 is 1.84 bits per heavy atom. The lowest BCUT2D eigenvalue weighted by Crippen LogP contribution is -2.50. The molecule has 1 N–H and O–H groups in total. The molecule has 0 radical (unpaired) electrons. The van der Waals surface area contributed by atoms with Crippen molar-refractivity contribution in [2.24, 2.45) is 5.92 Å². The smallest absolute Gasteiger partial charge is 0.254 e. The van der Waals surface area contributed by atoms with Gasteiger partial charge in [0, 0.05) is 79.1 Å². The number of likely N-dealkylation sites (tertiary alicyclic amines) is 2. The molecule has 2 aromatic carbocycles. The highest BCUT2D eigenvalue weighted by Gasteiger charge is 2.26. The average Bonchev–Trinajstić information content (AvgIpc) is 3.25. The molecule has 9 rings (SSSR count). The molecule has 0 bridgehead atoms. The Labute approximate surface area is 348 Å². The first-order chi connectivity index (χ1) is 27.8. The van der Waals surface area contributed by atoms with E-state index in [2.05, 4.69) is 27.1 Å². The largest absolute Gasteiger partial charge is 0.351 e. The van der Waals surface area contributed by atoms with Crippen LogP contribution in [0.25, 0.3) is 21.8 Å². The quantitative estimate of drug-likeness (QED) is 0.204. The molecule has 3 aliphatic heterocycles. The van der Waals surface area contributed by atoms with Crippen molar-refractivity contribution in [3.8, 4) is 0 Å². The van der Waals surface area contributed by atoms with Crippen LogP contribution in [-0.4, -0.2) is 120 Å². The number of carbonyl (C=O) groups excluding carboxylic acids is 2. The topological polar surface area (TPSA) is 84.9 Å². The van der Waals surface area contributed by atoms with Crippen LogP contribution in [0.15, 0.2) is 36.4 Å². The summed E-state index contributed by atoms with van der Waals surface area (Å²) in [4.78, 5) is 44.8. The molecule has 5 aliphatic rings. The maximum absolute atomic E-state index is 13.2. The molecule has 57 heavy (non-hydrogen) atoms. The SMILES string of the molecule is CN1CCC(CN2CCN(C(=O)c3ccc4c(Cl)c5c(nc4c3)CCCC5)CC2)CC1.O=C(NCCN1CCCCC1)c1ccc2c(Cl)c3c(nc2c1)CCCC3. The Morgan fingerprint density at radius 1 is 0.667 bits per heavy atom. The third kappa shape index (κ3) is 9.60. The van der Waals surface area contributed by atoms with E-state index in [1.54, 1.807) is 0 Å². The van der Waals surface area contributed by atoms with E-state index in [4.69, 9.17) is 33.2 Å². The van der Waals surface area contributed by atoms with Crippen molar-refractivity contribution in [1.29, 1.82) is 0 Å². The number of hydrogen-bond donors (Lipinski definition) is 1. The van der Waals surface area contributed by atoms with E-state index in [-0.39, 0.29) is 11.8 Å². The number of hydrogen-bond acceptors (Lipinski definition) is 7. The number of nitrogens with one attached hydrogen (secondary N) is 1. The molecule has 0 atom stereocenters. The third-order valence-electron chi connectivity index (χ3n) is 13.1. The molecule has 2 aromatic heterocycles. The van der Waals surface area contributed by atoms with Crippen LogP contribution < -0.4 is 5.32 Å². The Balaban J connectivity index is 0.000000162. The number of fused-ring (bicyclic) bond motifs is 4. The van der Waals surface area contributed by atoms with Crippen molar-refractivity contribution in [1.82, 2.24) is 34.9 Å². The highest BCUT2D eigenvalue weighted by Crippen LogP contribution is 2.35. The predicted octanol–water partition coefficient (Wildman–Crippen LogP) is 7.85. The van der Waals surface area contributed by atoms with Crippen molar-refractivity contribution in [2.45, 2.75) is 83.5 Å². The molecule has 4 aromatic rings. The molecular formula is C46H59Cl2N7O2. The van der Waals surface area contributed by atoms with Crippen molar-refractivity contribution >= 4 is 56.8 Å². The van der Waals surface area contributed by atoms with E-state index < -0.39 is 0 Å². The molecule has 9 nitrogen and oxygen atoms in total. The van der Waals surface area contributed by atoms with Gasteiger partial charge in [-0.15, -0.1) is 0 Å². The second kappa shape index (κ2) is 18.7. The molecule has 0 saturated carbocycles. The lowest BCUT2D eigenvalue weighted by Gasteiger charge is -2.38. The van der Waals surface area contributed by atoms with E-state index in [1.165, 1.54) is 88.5 Å². The van der Waals surface area contributed by atoms with Crippen LogP contribution in [0, 0.1) is 5.92 Å². The maximum atomic E-state index is 13.2. The summed E-state index contributed by atoms with van der Waals surface area (Å²) in [5.41, 5.74) is 7.72. The highest BCUT2D eigenvalue weighted by molar-refractivity contribution is 6.36. The Kier molecular flexibility index (Phi) is 13.3. The van der Waals surface area contributed by atoms with Crippen molar-refractivity contribution in [3.05, 3.63) is 80.1 Å². The van der Waals surface area contributed by atoms with E-state index in [9.17, 15) is 9.59 Å². The number of amides is 2. The summed E-state index contributed by atoms with van der Waals surface area (Å²) in [7, 11) is 2.21. The van der Waals surface area contributed by atoms with Crippen LogP contribution in [0.2, 0.25) is 10.0 Å². The standard InChI is InChI=1S/C25H33ClN4O.C21H26ClN3O/c1-28-10-8-18(9-11-28)17-29-12-14-30(15-13-29)25(31)19-6-7-21-23(16-19)27-22-5-3-2-4-20(22)24(21)26;22-20-16-6-2-3-7-18(16)24-19-14-15(8-9-17(19)20)21(26)23-10-13-25-11-4-1-5-12-25/h6-7,16,18H,2-5,8-15,17H2,1H3;8-9,14H,1-7,10-13H2,(H,23,26). The molecule has 304 valence electrons. The second-order valence-corrected chi connectivity index (χ2v) is 17.8. The summed E-state index contributed by atoms with van der Waals surface area (Å²) in [5.74, 6) is 0.900. The predicted molar refractivity (Wildman–Crippen MR) is 232 cm³/mol. The van der Waals surface area contributed by atoms with Gasteiger partial charge in [-0.05, 0) is 152 Å². The van der Waals surface area contributed by atoms with Crippen LogP contribution in [0.5, 0.6) is 0 Å². The van der Waals surface area contributed by atoms with Gasteiger partial charge >= 0.3 is 0 Å². The zero-order chi connectivity index (χ0) is 39.3. The second-order valence-electron chi connectivity index (χ2n) is 17.1. The van der Waals surface area contributed by atoms with Crippen LogP contribution in [0.1, 0.15) is 101 Å². The van der Waals surface area contributed by atoms with Gasteiger partial charge in [-0.2, -0.15) is 0 Å². The Bertz CT molecular complexity index is 2070. The summed E-state index contributed by atoms with van der Waals surface area (Å²) in [6.45, 7) is 11.1. The number of carbonyl (C=O) groups is 2. The van der Waals surface area contributed by atoms with E-state index >= 15 is 0 Å². The first-order valence-corrected chi connectivity index (χ1v) is 22.5. The van der Waals surface area contributed by atoms with Crippen molar-refractivity contribution in [2.75, 3.05) is 79.0 Å². The first-order valence-electron chi connectivity index (χ1n) is 21.7. The molecule has 2 amide bonds.